The van der Waals surface area contributed by atoms with Gasteiger partial charge in [0.05, 0.1) is 0 Å². The van der Waals surface area contributed by atoms with Gasteiger partial charge in [-0.05, 0) is 60.2 Å². The van der Waals surface area contributed by atoms with Gasteiger partial charge in [-0.3, -0.25) is 0 Å². The summed E-state index contributed by atoms with van der Waals surface area (Å²) >= 11 is 6.10. The van der Waals surface area contributed by atoms with E-state index in [4.69, 9.17) is 22.1 Å². The highest BCUT2D eigenvalue weighted by atomic mass is 35.5. The number of aromatic nitrogens is 4. The number of nitrogens with two attached hydrogens (primary N) is 1. The Bertz CT molecular complexity index is 1420. The Kier molecular flexibility index (Phi) is 6.01. The summed E-state index contributed by atoms with van der Waals surface area (Å²) in [6.07, 6.45) is 1.68. The van der Waals surface area contributed by atoms with E-state index < -0.39 is 5.54 Å². The molecule has 0 spiro atoms. The predicted molar refractivity (Wildman–Crippen MR) is 134 cm³/mol. The normalized spacial score (nSPS) is 13.0. The molecule has 3 aromatic carbocycles. The third-order valence-electron chi connectivity index (χ3n) is 5.92. The summed E-state index contributed by atoms with van der Waals surface area (Å²) in [7, 11) is 0. The van der Waals surface area contributed by atoms with Gasteiger partial charge in [0, 0.05) is 17.2 Å². The fourth-order valence-electron chi connectivity index (χ4n) is 3.92. The van der Waals surface area contributed by atoms with E-state index in [1.165, 1.54) is 10.1 Å². The largest absolute Gasteiger partial charge is 0.437 e. The predicted octanol–water partition coefficient (Wildman–Crippen LogP) is 6.04. The Morgan fingerprint density at radius 1 is 0.912 bits per heavy atom. The van der Waals surface area contributed by atoms with Gasteiger partial charge in [-0.2, -0.15) is 4.52 Å². The Morgan fingerprint density at radius 3 is 2.41 bits per heavy atom. The zero-order chi connectivity index (χ0) is 23.5. The molecule has 7 heteroatoms. The molecular formula is C27H24ClN5O. The number of ether oxygens (including phenoxy) is 1. The second-order valence-corrected chi connectivity index (χ2v) is 8.83. The average molecular weight is 470 g/mol. The number of halogens is 1. The quantitative estimate of drug-likeness (QED) is 0.314. The van der Waals surface area contributed by atoms with Gasteiger partial charge in [0.25, 0.3) is 0 Å². The molecule has 170 valence electrons. The second-order valence-electron chi connectivity index (χ2n) is 8.49. The smallest absolute Gasteiger partial charge is 0.246 e. The maximum Gasteiger partial charge on any atom is 0.246 e. The Labute approximate surface area is 203 Å². The van der Waals surface area contributed by atoms with Gasteiger partial charge >= 0.3 is 0 Å². The summed E-state index contributed by atoms with van der Waals surface area (Å²) < 4.78 is 7.73. The lowest BCUT2D eigenvalue weighted by atomic mass is 9.86. The van der Waals surface area contributed by atoms with E-state index in [-0.39, 0.29) is 5.28 Å². The Morgan fingerprint density at radius 2 is 1.65 bits per heavy atom. The molecule has 0 amide bonds. The van der Waals surface area contributed by atoms with Gasteiger partial charge < -0.3 is 10.5 Å². The Hall–Kier alpha value is -3.74. The molecule has 5 rings (SSSR count). The van der Waals surface area contributed by atoms with E-state index in [9.17, 15) is 0 Å². The lowest BCUT2D eigenvalue weighted by Crippen LogP contribution is -2.33. The fourth-order valence-corrected chi connectivity index (χ4v) is 4.09. The summed E-state index contributed by atoms with van der Waals surface area (Å²) in [4.78, 5) is 0. The van der Waals surface area contributed by atoms with E-state index in [2.05, 4.69) is 58.6 Å². The molecule has 1 unspecified atom stereocenters. The van der Waals surface area contributed by atoms with Crippen molar-refractivity contribution in [1.82, 2.24) is 19.8 Å². The van der Waals surface area contributed by atoms with Crippen LogP contribution in [-0.2, 0) is 12.0 Å². The van der Waals surface area contributed by atoms with Crippen molar-refractivity contribution >= 4 is 17.2 Å². The fraction of sp³-hybridized carbons (Fsp3) is 0.148. The molecule has 2 N–H and O–H groups in total. The summed E-state index contributed by atoms with van der Waals surface area (Å²) in [5.41, 5.74) is 11.0. The highest BCUT2D eigenvalue weighted by Crippen LogP contribution is 2.37. The molecule has 0 saturated heterocycles. The number of hydrogen-bond donors (Lipinski definition) is 1. The third kappa shape index (κ3) is 4.64. The molecule has 0 bridgehead atoms. The topological polar surface area (TPSA) is 78.3 Å². The molecule has 0 fully saturated rings. The van der Waals surface area contributed by atoms with Crippen molar-refractivity contribution in [3.63, 3.8) is 0 Å². The second kappa shape index (κ2) is 9.25. The van der Waals surface area contributed by atoms with Crippen LogP contribution in [0.4, 0.5) is 0 Å². The van der Waals surface area contributed by atoms with Crippen LogP contribution in [0, 0.1) is 0 Å². The number of benzene rings is 3. The van der Waals surface area contributed by atoms with Crippen molar-refractivity contribution in [2.45, 2.75) is 25.3 Å². The number of fused-ring (bicyclic) bond motifs is 1. The monoisotopic (exact) mass is 469 g/mol. The minimum atomic E-state index is -0.544. The van der Waals surface area contributed by atoms with E-state index >= 15 is 0 Å². The highest BCUT2D eigenvalue weighted by Gasteiger charge is 2.23. The molecule has 34 heavy (non-hydrogen) atoms. The van der Waals surface area contributed by atoms with Crippen LogP contribution in [-0.4, -0.2) is 19.8 Å². The molecule has 2 heterocycles. The van der Waals surface area contributed by atoms with Crippen molar-refractivity contribution in [3.8, 4) is 22.8 Å². The van der Waals surface area contributed by atoms with Crippen molar-refractivity contribution < 1.29 is 4.74 Å². The summed E-state index contributed by atoms with van der Waals surface area (Å²) in [6.45, 7) is 2.05. The van der Waals surface area contributed by atoms with Crippen LogP contribution in [0.2, 0.25) is 5.28 Å². The van der Waals surface area contributed by atoms with Crippen molar-refractivity contribution in [2.24, 2.45) is 5.73 Å². The van der Waals surface area contributed by atoms with Crippen LogP contribution >= 0.6 is 11.6 Å². The first-order valence-electron chi connectivity index (χ1n) is 11.1. The minimum absolute atomic E-state index is 0.174. The molecular weight excluding hydrogens is 446 g/mol. The molecule has 0 aliphatic rings. The molecule has 5 aromatic rings. The van der Waals surface area contributed by atoms with Gasteiger partial charge in [0.1, 0.15) is 5.75 Å². The van der Waals surface area contributed by atoms with Crippen molar-refractivity contribution in [3.05, 3.63) is 107 Å². The SMILES string of the molecule is CC(N)(CCc1ccccc1)c1ccc(-c2ccccc2)c(Oc2ccc3nnc(Cl)n3n2)c1. The van der Waals surface area contributed by atoms with Crippen LogP contribution in [0.3, 0.4) is 0 Å². The standard InChI is InChI=1S/C27H24ClN5O/c1-27(29,17-16-19-8-4-2-5-9-19)21-12-13-22(20-10-6-3-7-11-20)23(18-21)34-25-15-14-24-30-31-26(28)33(24)32-25/h2-15,18H,16-17,29H2,1H3. The van der Waals surface area contributed by atoms with Crippen LogP contribution in [0.15, 0.2) is 91.0 Å². The maximum absolute atomic E-state index is 6.81. The van der Waals surface area contributed by atoms with E-state index in [0.29, 0.717) is 17.3 Å². The third-order valence-corrected chi connectivity index (χ3v) is 6.15. The first-order valence-corrected chi connectivity index (χ1v) is 11.5. The average Bonchev–Trinajstić information content (AvgIpc) is 3.24. The number of rotatable bonds is 7. The van der Waals surface area contributed by atoms with E-state index in [1.54, 1.807) is 12.1 Å². The molecule has 0 aliphatic carbocycles. The molecule has 1 atom stereocenters. The maximum atomic E-state index is 6.81. The first-order chi connectivity index (χ1) is 16.5. The minimum Gasteiger partial charge on any atom is -0.437 e. The number of aryl methyl sites for hydroxylation is 1. The van der Waals surface area contributed by atoms with Crippen molar-refractivity contribution in [2.75, 3.05) is 0 Å². The van der Waals surface area contributed by atoms with Gasteiger partial charge in [-0.1, -0.05) is 72.8 Å². The molecule has 0 radical (unpaired) electrons. The molecule has 6 nitrogen and oxygen atoms in total. The molecule has 2 aromatic heterocycles. The molecule has 0 saturated carbocycles. The first kappa shape index (κ1) is 22.1. The van der Waals surface area contributed by atoms with Gasteiger partial charge in [0.15, 0.2) is 5.65 Å². The van der Waals surface area contributed by atoms with Gasteiger partial charge in [-0.15, -0.1) is 15.3 Å². The molecule has 0 aliphatic heterocycles. The van der Waals surface area contributed by atoms with Gasteiger partial charge in [-0.25, -0.2) is 0 Å². The summed E-state index contributed by atoms with van der Waals surface area (Å²) in [6, 6.07) is 30.1. The van der Waals surface area contributed by atoms with Crippen LogP contribution < -0.4 is 10.5 Å². The van der Waals surface area contributed by atoms with Crippen LogP contribution in [0.1, 0.15) is 24.5 Å². The highest BCUT2D eigenvalue weighted by molar-refractivity contribution is 6.28. The van der Waals surface area contributed by atoms with Crippen LogP contribution in [0.25, 0.3) is 16.8 Å². The lowest BCUT2D eigenvalue weighted by molar-refractivity contribution is 0.436. The number of nitrogens with zero attached hydrogens (tertiary/aromatic N) is 4. The van der Waals surface area contributed by atoms with Gasteiger partial charge in [0.2, 0.25) is 11.2 Å². The Balaban J connectivity index is 1.50. The van der Waals surface area contributed by atoms with Crippen molar-refractivity contribution in [1.29, 1.82) is 0 Å². The van der Waals surface area contributed by atoms with Crippen LogP contribution in [0.5, 0.6) is 11.6 Å². The zero-order valence-corrected chi connectivity index (χ0v) is 19.5. The lowest BCUT2D eigenvalue weighted by Gasteiger charge is -2.26. The zero-order valence-electron chi connectivity index (χ0n) is 18.7. The summed E-state index contributed by atoms with van der Waals surface area (Å²) in [5, 5.41) is 12.4. The van der Waals surface area contributed by atoms with E-state index in [0.717, 1.165) is 29.5 Å². The number of hydrogen-bond acceptors (Lipinski definition) is 5. The van der Waals surface area contributed by atoms with E-state index in [1.807, 2.05) is 42.5 Å². The summed E-state index contributed by atoms with van der Waals surface area (Å²) in [5.74, 6) is 1.04.